The summed E-state index contributed by atoms with van der Waals surface area (Å²) in [4.78, 5) is 12.8. The van der Waals surface area contributed by atoms with E-state index in [1.54, 1.807) is 32.9 Å². The standard InChI is InChI=1S/C18H23NO4/c1-11(2)7-8-13-16(22-5)12-9-10-14(21-4)17(23-6)15(12)19(3)18(13)20/h7,9-10H,8H2,1-6H3. The van der Waals surface area contributed by atoms with Crippen molar-refractivity contribution in [3.05, 3.63) is 39.7 Å². The molecule has 2 rings (SSSR count). The number of pyridine rings is 1. The zero-order valence-corrected chi connectivity index (χ0v) is 14.5. The van der Waals surface area contributed by atoms with E-state index in [2.05, 4.69) is 0 Å². The molecular weight excluding hydrogens is 294 g/mol. The molecule has 0 radical (unpaired) electrons. The molecule has 23 heavy (non-hydrogen) atoms. The molecule has 0 amide bonds. The van der Waals surface area contributed by atoms with Crippen molar-refractivity contribution in [2.75, 3.05) is 21.3 Å². The van der Waals surface area contributed by atoms with Crippen LogP contribution < -0.4 is 19.8 Å². The normalized spacial score (nSPS) is 10.5. The molecule has 124 valence electrons. The van der Waals surface area contributed by atoms with Gasteiger partial charge in [-0.05, 0) is 32.4 Å². The lowest BCUT2D eigenvalue weighted by Gasteiger charge is -2.17. The lowest BCUT2D eigenvalue weighted by atomic mass is 10.1. The molecule has 5 nitrogen and oxygen atoms in total. The van der Waals surface area contributed by atoms with Gasteiger partial charge in [-0.25, -0.2) is 0 Å². The van der Waals surface area contributed by atoms with Crippen LogP contribution in [-0.2, 0) is 13.5 Å². The Morgan fingerprint density at radius 1 is 1.09 bits per heavy atom. The van der Waals surface area contributed by atoms with E-state index in [0.29, 0.717) is 34.7 Å². The first kappa shape index (κ1) is 16.9. The lowest BCUT2D eigenvalue weighted by Crippen LogP contribution is -2.23. The molecule has 0 saturated carbocycles. The van der Waals surface area contributed by atoms with Crippen LogP contribution in [0.1, 0.15) is 19.4 Å². The lowest BCUT2D eigenvalue weighted by molar-refractivity contribution is 0.356. The molecule has 0 unspecified atom stereocenters. The molecule has 0 spiro atoms. The number of methoxy groups -OCH3 is 3. The summed E-state index contributed by atoms with van der Waals surface area (Å²) in [6.45, 7) is 4.01. The summed E-state index contributed by atoms with van der Waals surface area (Å²) < 4.78 is 18.0. The number of aromatic nitrogens is 1. The van der Waals surface area contributed by atoms with Gasteiger partial charge in [-0.15, -0.1) is 0 Å². The molecule has 0 aliphatic carbocycles. The smallest absolute Gasteiger partial charge is 0.258 e. The molecule has 1 aromatic heterocycles. The summed E-state index contributed by atoms with van der Waals surface area (Å²) in [7, 11) is 6.45. The molecule has 0 aliphatic heterocycles. The Hall–Kier alpha value is -2.43. The van der Waals surface area contributed by atoms with Gasteiger partial charge in [-0.3, -0.25) is 4.79 Å². The number of nitrogens with zero attached hydrogens (tertiary/aromatic N) is 1. The zero-order valence-electron chi connectivity index (χ0n) is 14.5. The van der Waals surface area contributed by atoms with Gasteiger partial charge in [0.2, 0.25) is 0 Å². The van der Waals surface area contributed by atoms with Crippen molar-refractivity contribution in [3.63, 3.8) is 0 Å². The number of fused-ring (bicyclic) bond motifs is 1. The summed E-state index contributed by atoms with van der Waals surface area (Å²) in [5.74, 6) is 1.69. The second-order valence-electron chi connectivity index (χ2n) is 5.56. The summed E-state index contributed by atoms with van der Waals surface area (Å²) in [6, 6.07) is 3.71. The molecule has 0 aliphatic rings. The monoisotopic (exact) mass is 317 g/mol. The summed E-state index contributed by atoms with van der Waals surface area (Å²) >= 11 is 0. The van der Waals surface area contributed by atoms with Crippen LogP contribution in [0.2, 0.25) is 0 Å². The third-order valence-electron chi connectivity index (χ3n) is 3.85. The first-order valence-electron chi connectivity index (χ1n) is 7.40. The van der Waals surface area contributed by atoms with Gasteiger partial charge >= 0.3 is 0 Å². The van der Waals surface area contributed by atoms with Crippen molar-refractivity contribution in [1.29, 1.82) is 0 Å². The fourth-order valence-electron chi connectivity index (χ4n) is 2.71. The quantitative estimate of drug-likeness (QED) is 0.795. The molecule has 0 N–H and O–H groups in total. The summed E-state index contributed by atoms with van der Waals surface area (Å²) in [6.07, 6.45) is 2.55. The van der Waals surface area contributed by atoms with E-state index in [9.17, 15) is 4.79 Å². The van der Waals surface area contributed by atoms with Crippen LogP contribution in [0.25, 0.3) is 10.9 Å². The summed E-state index contributed by atoms with van der Waals surface area (Å²) in [5.41, 5.74) is 2.35. The first-order valence-corrected chi connectivity index (χ1v) is 7.40. The Balaban J connectivity index is 2.91. The number of hydrogen-bond acceptors (Lipinski definition) is 4. The fraction of sp³-hybridized carbons (Fsp3) is 0.389. The molecular formula is C18H23NO4. The summed E-state index contributed by atoms with van der Waals surface area (Å²) in [5, 5.41) is 0.824. The van der Waals surface area contributed by atoms with E-state index in [4.69, 9.17) is 14.2 Å². The van der Waals surface area contributed by atoms with E-state index in [-0.39, 0.29) is 5.56 Å². The van der Waals surface area contributed by atoms with E-state index >= 15 is 0 Å². The van der Waals surface area contributed by atoms with Crippen LogP contribution in [0.15, 0.2) is 28.6 Å². The minimum absolute atomic E-state index is 0.0987. The highest BCUT2D eigenvalue weighted by atomic mass is 16.5. The highest BCUT2D eigenvalue weighted by Crippen LogP contribution is 2.39. The van der Waals surface area contributed by atoms with Gasteiger partial charge in [-0.1, -0.05) is 11.6 Å². The molecule has 1 heterocycles. The van der Waals surface area contributed by atoms with E-state index in [0.717, 1.165) is 11.0 Å². The van der Waals surface area contributed by atoms with Gasteiger partial charge in [0.1, 0.15) is 11.3 Å². The van der Waals surface area contributed by atoms with Crippen molar-refractivity contribution in [1.82, 2.24) is 4.57 Å². The second-order valence-corrected chi connectivity index (χ2v) is 5.56. The molecule has 0 fully saturated rings. The average Bonchev–Trinajstić information content (AvgIpc) is 2.55. The number of allylic oxidation sites excluding steroid dienone is 2. The minimum atomic E-state index is -0.0987. The highest BCUT2D eigenvalue weighted by molar-refractivity contribution is 5.93. The van der Waals surface area contributed by atoms with E-state index in [1.807, 2.05) is 32.1 Å². The SMILES string of the molecule is COc1ccc2c(OC)c(CC=C(C)C)c(=O)n(C)c2c1OC. The second kappa shape index (κ2) is 6.77. The van der Waals surface area contributed by atoms with Crippen LogP contribution in [0.4, 0.5) is 0 Å². The maximum atomic E-state index is 12.8. The van der Waals surface area contributed by atoms with Crippen molar-refractivity contribution in [2.24, 2.45) is 7.05 Å². The number of benzene rings is 1. The number of ether oxygens (including phenoxy) is 3. The Morgan fingerprint density at radius 3 is 2.26 bits per heavy atom. The Kier molecular flexibility index (Phi) is 4.98. The van der Waals surface area contributed by atoms with Crippen molar-refractivity contribution in [2.45, 2.75) is 20.3 Å². The van der Waals surface area contributed by atoms with Crippen LogP contribution in [0, 0.1) is 0 Å². The predicted molar refractivity (Wildman–Crippen MR) is 92.0 cm³/mol. The zero-order chi connectivity index (χ0) is 17.1. The van der Waals surface area contributed by atoms with Crippen molar-refractivity contribution >= 4 is 10.9 Å². The van der Waals surface area contributed by atoms with Gasteiger partial charge in [0.25, 0.3) is 5.56 Å². The van der Waals surface area contributed by atoms with Gasteiger partial charge in [-0.2, -0.15) is 0 Å². The Bertz CT molecular complexity index is 814. The number of hydrogen-bond donors (Lipinski definition) is 0. The number of aryl methyl sites for hydroxylation is 1. The third kappa shape index (κ3) is 2.91. The van der Waals surface area contributed by atoms with Gasteiger partial charge < -0.3 is 18.8 Å². The van der Waals surface area contributed by atoms with Crippen LogP contribution in [0.3, 0.4) is 0 Å². The van der Waals surface area contributed by atoms with E-state index in [1.165, 1.54) is 0 Å². The molecule has 0 bridgehead atoms. The predicted octanol–water partition coefficient (Wildman–Crippen LogP) is 3.07. The molecule has 0 atom stereocenters. The Labute approximate surface area is 136 Å². The third-order valence-corrected chi connectivity index (χ3v) is 3.85. The van der Waals surface area contributed by atoms with E-state index < -0.39 is 0 Å². The molecule has 1 aromatic carbocycles. The van der Waals surface area contributed by atoms with Crippen molar-refractivity contribution in [3.8, 4) is 17.2 Å². The topological polar surface area (TPSA) is 49.7 Å². The highest BCUT2D eigenvalue weighted by Gasteiger charge is 2.20. The van der Waals surface area contributed by atoms with Crippen LogP contribution >= 0.6 is 0 Å². The van der Waals surface area contributed by atoms with Gasteiger partial charge in [0.15, 0.2) is 11.5 Å². The minimum Gasteiger partial charge on any atom is -0.496 e. The first-order chi connectivity index (χ1) is 11.0. The van der Waals surface area contributed by atoms with Gasteiger partial charge in [0, 0.05) is 12.4 Å². The molecule has 5 heteroatoms. The number of rotatable bonds is 5. The maximum absolute atomic E-state index is 12.8. The fourth-order valence-corrected chi connectivity index (χ4v) is 2.71. The van der Waals surface area contributed by atoms with Gasteiger partial charge in [0.05, 0.1) is 26.9 Å². The van der Waals surface area contributed by atoms with Crippen molar-refractivity contribution < 1.29 is 14.2 Å². The maximum Gasteiger partial charge on any atom is 0.258 e. The largest absolute Gasteiger partial charge is 0.496 e. The molecule has 0 saturated heterocycles. The van der Waals surface area contributed by atoms with Crippen LogP contribution in [-0.4, -0.2) is 25.9 Å². The Morgan fingerprint density at radius 2 is 1.74 bits per heavy atom. The van der Waals surface area contributed by atoms with Crippen LogP contribution in [0.5, 0.6) is 17.2 Å². The average molecular weight is 317 g/mol. The molecule has 2 aromatic rings.